The molecule has 0 saturated carbocycles. The summed E-state index contributed by atoms with van der Waals surface area (Å²) < 4.78 is 5.19. The topological polar surface area (TPSA) is 9.23 Å². The van der Waals surface area contributed by atoms with E-state index in [0.29, 0.717) is 5.92 Å². The van der Waals surface area contributed by atoms with Crippen molar-refractivity contribution in [3.8, 4) is 5.75 Å². The zero-order valence-corrected chi connectivity index (χ0v) is 12.1. The molecule has 1 nitrogen and oxygen atoms in total. The highest BCUT2D eigenvalue weighted by molar-refractivity contribution is 7.99. The van der Waals surface area contributed by atoms with Gasteiger partial charge in [-0.3, -0.25) is 0 Å². The van der Waals surface area contributed by atoms with E-state index in [9.17, 15) is 0 Å². The molecule has 0 radical (unpaired) electrons. The second kappa shape index (κ2) is 8.46. The molecule has 1 aromatic carbocycles. The van der Waals surface area contributed by atoms with Crippen LogP contribution >= 0.6 is 11.8 Å². The van der Waals surface area contributed by atoms with E-state index in [0.717, 1.165) is 5.75 Å². The van der Waals surface area contributed by atoms with E-state index in [2.05, 4.69) is 49.9 Å². The Bertz CT molecular complexity index is 294. The lowest BCUT2D eigenvalue weighted by molar-refractivity contribution is 0.414. The monoisotopic (exact) mass is 252 g/mol. The fraction of sp³-hybridized carbons (Fsp3) is 0.600. The van der Waals surface area contributed by atoms with E-state index >= 15 is 0 Å². The average Bonchev–Trinajstić information content (AvgIpc) is 2.39. The number of benzene rings is 1. The molecule has 0 spiro atoms. The Balaban J connectivity index is 2.47. The van der Waals surface area contributed by atoms with Gasteiger partial charge in [0.25, 0.3) is 0 Å². The summed E-state index contributed by atoms with van der Waals surface area (Å²) >= 11 is 2.08. The molecule has 0 aromatic heterocycles. The van der Waals surface area contributed by atoms with Gasteiger partial charge in [0.2, 0.25) is 0 Å². The summed E-state index contributed by atoms with van der Waals surface area (Å²) in [6.45, 7) is 4.52. The van der Waals surface area contributed by atoms with Gasteiger partial charge in [-0.1, -0.05) is 32.4 Å². The summed E-state index contributed by atoms with van der Waals surface area (Å²) in [5, 5.41) is 0. The molecule has 0 aliphatic heterocycles. The molecule has 1 aromatic rings. The number of methoxy groups -OCH3 is 1. The summed E-state index contributed by atoms with van der Waals surface area (Å²) in [6.07, 6.45) is 3.85. The molecule has 0 N–H and O–H groups in total. The largest absolute Gasteiger partial charge is 0.497 e. The lowest BCUT2D eigenvalue weighted by atomic mass is 9.98. The van der Waals surface area contributed by atoms with E-state index in [1.807, 2.05) is 0 Å². The highest BCUT2D eigenvalue weighted by Gasteiger charge is 2.09. The molecule has 1 rings (SSSR count). The van der Waals surface area contributed by atoms with Crippen LogP contribution in [-0.2, 0) is 0 Å². The molecular formula is C15H24OS. The predicted molar refractivity (Wildman–Crippen MR) is 78.3 cm³/mol. The van der Waals surface area contributed by atoms with Crippen molar-refractivity contribution in [2.24, 2.45) is 0 Å². The van der Waals surface area contributed by atoms with E-state index in [1.54, 1.807) is 7.11 Å². The lowest BCUT2D eigenvalue weighted by Gasteiger charge is -2.15. The quantitative estimate of drug-likeness (QED) is 0.619. The van der Waals surface area contributed by atoms with Gasteiger partial charge in [0.05, 0.1) is 7.11 Å². The van der Waals surface area contributed by atoms with Gasteiger partial charge >= 0.3 is 0 Å². The van der Waals surface area contributed by atoms with Crippen molar-refractivity contribution in [1.82, 2.24) is 0 Å². The Morgan fingerprint density at radius 2 is 1.88 bits per heavy atom. The Morgan fingerprint density at radius 1 is 1.18 bits per heavy atom. The molecule has 17 heavy (non-hydrogen) atoms. The summed E-state index contributed by atoms with van der Waals surface area (Å²) in [5.74, 6) is 4.16. The van der Waals surface area contributed by atoms with Crippen LogP contribution < -0.4 is 4.74 Å². The summed E-state index contributed by atoms with van der Waals surface area (Å²) in [7, 11) is 1.72. The van der Waals surface area contributed by atoms with Crippen LogP contribution in [0, 0.1) is 0 Å². The first-order chi connectivity index (χ1) is 8.31. The summed E-state index contributed by atoms with van der Waals surface area (Å²) in [4.78, 5) is 0. The van der Waals surface area contributed by atoms with Crippen LogP contribution in [0.25, 0.3) is 0 Å². The molecule has 1 atom stereocenters. The number of thioether (sulfide) groups is 1. The predicted octanol–water partition coefficient (Wildman–Crippen LogP) is 4.72. The molecule has 0 aliphatic carbocycles. The first-order valence-electron chi connectivity index (χ1n) is 6.53. The maximum absolute atomic E-state index is 5.19. The van der Waals surface area contributed by atoms with E-state index in [-0.39, 0.29) is 0 Å². The van der Waals surface area contributed by atoms with Crippen molar-refractivity contribution in [3.63, 3.8) is 0 Å². The third kappa shape index (κ3) is 5.03. The van der Waals surface area contributed by atoms with Crippen molar-refractivity contribution in [2.45, 2.75) is 39.0 Å². The third-order valence-corrected chi connectivity index (χ3v) is 4.26. The van der Waals surface area contributed by atoms with E-state index < -0.39 is 0 Å². The van der Waals surface area contributed by atoms with Crippen LogP contribution in [0.15, 0.2) is 24.3 Å². The Kier molecular flexibility index (Phi) is 7.18. The SMILES string of the molecule is CCCCSCC(CC)c1ccc(OC)cc1. The van der Waals surface area contributed by atoms with Crippen LogP contribution in [0.3, 0.4) is 0 Å². The molecule has 0 aliphatic rings. The van der Waals surface area contributed by atoms with Crippen molar-refractivity contribution in [3.05, 3.63) is 29.8 Å². The van der Waals surface area contributed by atoms with Gasteiger partial charge in [0.15, 0.2) is 0 Å². The minimum atomic E-state index is 0.683. The highest BCUT2D eigenvalue weighted by Crippen LogP contribution is 2.26. The highest BCUT2D eigenvalue weighted by atomic mass is 32.2. The third-order valence-electron chi connectivity index (χ3n) is 3.04. The molecule has 2 heteroatoms. The van der Waals surface area contributed by atoms with Crippen LogP contribution in [0.4, 0.5) is 0 Å². The van der Waals surface area contributed by atoms with Gasteiger partial charge in [-0.25, -0.2) is 0 Å². The lowest BCUT2D eigenvalue weighted by Crippen LogP contribution is -2.01. The second-order valence-corrected chi connectivity index (χ2v) is 5.46. The van der Waals surface area contributed by atoms with Crippen LogP contribution in [0.5, 0.6) is 5.75 Å². The fourth-order valence-electron chi connectivity index (χ4n) is 1.80. The van der Waals surface area contributed by atoms with E-state index in [4.69, 9.17) is 4.74 Å². The first kappa shape index (κ1) is 14.4. The van der Waals surface area contributed by atoms with Crippen molar-refractivity contribution < 1.29 is 4.74 Å². The van der Waals surface area contributed by atoms with E-state index in [1.165, 1.54) is 36.3 Å². The Morgan fingerprint density at radius 3 is 2.41 bits per heavy atom. The zero-order chi connectivity index (χ0) is 12.5. The molecular weight excluding hydrogens is 228 g/mol. The van der Waals surface area contributed by atoms with Crippen molar-refractivity contribution in [1.29, 1.82) is 0 Å². The van der Waals surface area contributed by atoms with Gasteiger partial charge in [-0.05, 0) is 42.2 Å². The molecule has 0 amide bonds. The van der Waals surface area contributed by atoms with Crippen LogP contribution in [-0.4, -0.2) is 18.6 Å². The van der Waals surface area contributed by atoms with Gasteiger partial charge in [-0.15, -0.1) is 0 Å². The normalized spacial score (nSPS) is 12.4. The minimum absolute atomic E-state index is 0.683. The summed E-state index contributed by atoms with van der Waals surface area (Å²) in [5.41, 5.74) is 1.44. The Labute approximate surface area is 110 Å². The maximum Gasteiger partial charge on any atom is 0.118 e. The van der Waals surface area contributed by atoms with Gasteiger partial charge in [-0.2, -0.15) is 11.8 Å². The van der Waals surface area contributed by atoms with Crippen LogP contribution in [0.2, 0.25) is 0 Å². The number of ether oxygens (including phenoxy) is 1. The number of rotatable bonds is 8. The number of hydrogen-bond acceptors (Lipinski definition) is 2. The number of unbranched alkanes of at least 4 members (excludes halogenated alkanes) is 1. The molecule has 0 heterocycles. The minimum Gasteiger partial charge on any atom is -0.497 e. The zero-order valence-electron chi connectivity index (χ0n) is 11.2. The average molecular weight is 252 g/mol. The van der Waals surface area contributed by atoms with Gasteiger partial charge in [0.1, 0.15) is 5.75 Å². The molecule has 0 bridgehead atoms. The molecule has 96 valence electrons. The maximum atomic E-state index is 5.19. The molecule has 1 unspecified atom stereocenters. The Hall–Kier alpha value is -0.630. The molecule has 0 saturated heterocycles. The van der Waals surface area contributed by atoms with Crippen molar-refractivity contribution in [2.75, 3.05) is 18.6 Å². The number of hydrogen-bond donors (Lipinski definition) is 0. The fourth-order valence-corrected chi connectivity index (χ4v) is 3.17. The second-order valence-electron chi connectivity index (χ2n) is 4.31. The van der Waals surface area contributed by atoms with Gasteiger partial charge < -0.3 is 4.74 Å². The van der Waals surface area contributed by atoms with Gasteiger partial charge in [0, 0.05) is 5.75 Å². The smallest absolute Gasteiger partial charge is 0.118 e. The molecule has 0 fully saturated rings. The van der Waals surface area contributed by atoms with Crippen molar-refractivity contribution >= 4 is 11.8 Å². The standard InChI is InChI=1S/C15H24OS/c1-4-6-11-17-12-13(5-2)14-7-9-15(16-3)10-8-14/h7-10,13H,4-6,11-12H2,1-3H3. The first-order valence-corrected chi connectivity index (χ1v) is 7.69. The van der Waals surface area contributed by atoms with Crippen LogP contribution in [0.1, 0.15) is 44.6 Å². The summed E-state index contributed by atoms with van der Waals surface area (Å²) in [6, 6.07) is 8.53.